The van der Waals surface area contributed by atoms with E-state index in [2.05, 4.69) is 43.6 Å². The van der Waals surface area contributed by atoms with E-state index in [1.54, 1.807) is 7.11 Å². The van der Waals surface area contributed by atoms with E-state index >= 15 is 0 Å². The second-order valence-corrected chi connectivity index (χ2v) is 8.40. The largest absolute Gasteiger partial charge is 0.494 e. The number of nitrogens with zero attached hydrogens (tertiary/aromatic N) is 3. The highest BCUT2D eigenvalue weighted by atomic mass is 16.7. The summed E-state index contributed by atoms with van der Waals surface area (Å²) in [4.78, 5) is 11.6. The molecule has 2 aromatic rings. The van der Waals surface area contributed by atoms with Gasteiger partial charge in [0.15, 0.2) is 0 Å². The number of morpholine rings is 1. The van der Waals surface area contributed by atoms with E-state index in [9.17, 15) is 0 Å². The Balaban J connectivity index is 1.85. The fourth-order valence-corrected chi connectivity index (χ4v) is 3.60. The fourth-order valence-electron chi connectivity index (χ4n) is 3.60. The molecule has 2 saturated heterocycles. The Bertz CT molecular complexity index is 881. The molecule has 4 rings (SSSR count). The van der Waals surface area contributed by atoms with Gasteiger partial charge in [-0.3, -0.25) is 0 Å². The predicted octanol–water partition coefficient (Wildman–Crippen LogP) is 2.08. The molecular weight excluding hydrogens is 357 g/mol. The lowest BCUT2D eigenvalue weighted by Crippen LogP contribution is -2.41. The third-order valence-corrected chi connectivity index (χ3v) is 5.94. The molecule has 7 nitrogen and oxygen atoms in total. The van der Waals surface area contributed by atoms with Crippen molar-refractivity contribution in [2.45, 2.75) is 45.8 Å². The first-order valence-electron chi connectivity index (χ1n) is 9.76. The van der Waals surface area contributed by atoms with Crippen LogP contribution < -0.4 is 15.1 Å². The zero-order valence-corrected chi connectivity index (χ0v) is 17.5. The molecule has 0 unspecified atom stereocenters. The summed E-state index contributed by atoms with van der Waals surface area (Å²) in [6.45, 7) is 13.1. The van der Waals surface area contributed by atoms with Gasteiger partial charge in [-0.05, 0) is 52.2 Å². The van der Waals surface area contributed by atoms with Crippen molar-refractivity contribution in [3.63, 3.8) is 0 Å². The lowest BCUT2D eigenvalue weighted by molar-refractivity contribution is 0.00578. The molecule has 1 aromatic carbocycles. The first-order valence-corrected chi connectivity index (χ1v) is 9.76. The second kappa shape index (κ2) is 6.86. The number of hydrogen-bond acceptors (Lipinski definition) is 7. The zero-order valence-electron chi connectivity index (χ0n) is 17.5. The minimum Gasteiger partial charge on any atom is -0.494 e. The molecule has 2 fully saturated rings. The molecule has 150 valence electrons. The molecule has 8 heteroatoms. The Hall–Kier alpha value is -1.90. The van der Waals surface area contributed by atoms with E-state index in [0.717, 1.165) is 41.1 Å². The summed E-state index contributed by atoms with van der Waals surface area (Å²) in [5.41, 5.74) is 0.898. The summed E-state index contributed by atoms with van der Waals surface area (Å²) in [7, 11) is 1.19. The maximum Gasteiger partial charge on any atom is 0.494 e. The van der Waals surface area contributed by atoms with Crippen molar-refractivity contribution in [1.82, 2.24) is 9.97 Å². The SMILES string of the molecule is COc1cc(B2OC(C)(C)C(C)(C)O2)cc2c(N3CCOCC3)nc(C)nc12. The standard InChI is InChI=1S/C20H28BN3O4/c1-13-22-17-15(18(23-13)24-7-9-26-10-8-24)11-14(12-16(17)25-6)21-27-19(2,3)20(4,5)28-21/h11-12H,7-10H2,1-6H3. The van der Waals surface area contributed by atoms with Gasteiger partial charge < -0.3 is 23.7 Å². The minimum atomic E-state index is -0.470. The third kappa shape index (κ3) is 3.23. The van der Waals surface area contributed by atoms with Gasteiger partial charge in [-0.2, -0.15) is 0 Å². The first kappa shape index (κ1) is 19.4. The Morgan fingerprint density at radius 1 is 1.04 bits per heavy atom. The number of aromatic nitrogens is 2. The van der Waals surface area contributed by atoms with Crippen LogP contribution in [0.25, 0.3) is 10.9 Å². The van der Waals surface area contributed by atoms with Crippen LogP contribution in [-0.4, -0.2) is 61.7 Å². The van der Waals surface area contributed by atoms with E-state index in [1.807, 2.05) is 13.0 Å². The van der Waals surface area contributed by atoms with E-state index in [4.69, 9.17) is 23.8 Å². The molecule has 0 radical (unpaired) electrons. The molecule has 0 atom stereocenters. The number of aryl methyl sites for hydroxylation is 1. The van der Waals surface area contributed by atoms with Crippen LogP contribution in [0.5, 0.6) is 5.75 Å². The van der Waals surface area contributed by atoms with Gasteiger partial charge in [0.25, 0.3) is 0 Å². The number of fused-ring (bicyclic) bond motifs is 1. The van der Waals surface area contributed by atoms with Gasteiger partial charge >= 0.3 is 7.12 Å². The number of ether oxygens (including phenoxy) is 2. The molecule has 0 spiro atoms. The lowest BCUT2D eigenvalue weighted by atomic mass is 9.78. The van der Waals surface area contributed by atoms with Crippen LogP contribution in [0.3, 0.4) is 0 Å². The first-order chi connectivity index (χ1) is 13.2. The van der Waals surface area contributed by atoms with Crippen LogP contribution in [-0.2, 0) is 14.0 Å². The summed E-state index contributed by atoms with van der Waals surface area (Å²) in [5, 5.41) is 0.941. The zero-order chi connectivity index (χ0) is 20.1. The van der Waals surface area contributed by atoms with Gasteiger partial charge in [-0.15, -0.1) is 0 Å². The van der Waals surface area contributed by atoms with Crippen LogP contribution >= 0.6 is 0 Å². The van der Waals surface area contributed by atoms with Crippen molar-refractivity contribution in [2.24, 2.45) is 0 Å². The van der Waals surface area contributed by atoms with E-state index < -0.39 is 18.3 Å². The van der Waals surface area contributed by atoms with Crippen molar-refractivity contribution in [3.8, 4) is 5.75 Å². The van der Waals surface area contributed by atoms with E-state index in [1.165, 1.54) is 0 Å². The van der Waals surface area contributed by atoms with Crippen LogP contribution in [0.4, 0.5) is 5.82 Å². The topological polar surface area (TPSA) is 65.9 Å². The van der Waals surface area contributed by atoms with Crippen LogP contribution in [0.1, 0.15) is 33.5 Å². The number of hydrogen-bond donors (Lipinski definition) is 0. The maximum absolute atomic E-state index is 6.26. The number of anilines is 1. The van der Waals surface area contributed by atoms with Gasteiger partial charge in [0.2, 0.25) is 0 Å². The molecule has 0 saturated carbocycles. The smallest absolute Gasteiger partial charge is 0.494 e. The third-order valence-electron chi connectivity index (χ3n) is 5.94. The summed E-state index contributed by atoms with van der Waals surface area (Å²) in [5.74, 6) is 2.32. The molecular formula is C20H28BN3O4. The van der Waals surface area contributed by atoms with E-state index in [-0.39, 0.29) is 0 Å². The van der Waals surface area contributed by atoms with Crippen LogP contribution in [0.15, 0.2) is 12.1 Å². The predicted molar refractivity (Wildman–Crippen MR) is 110 cm³/mol. The van der Waals surface area contributed by atoms with Gasteiger partial charge in [0, 0.05) is 18.5 Å². The number of methoxy groups -OCH3 is 1. The summed E-state index contributed by atoms with van der Waals surface area (Å²) >= 11 is 0. The molecule has 2 aliphatic heterocycles. The number of benzene rings is 1. The summed E-state index contributed by atoms with van der Waals surface area (Å²) in [6.07, 6.45) is 0. The Morgan fingerprint density at radius 3 is 2.29 bits per heavy atom. The van der Waals surface area contributed by atoms with Crippen molar-refractivity contribution < 1.29 is 18.8 Å². The maximum atomic E-state index is 6.26. The van der Waals surface area contributed by atoms with Crippen LogP contribution in [0, 0.1) is 6.92 Å². The molecule has 0 aliphatic carbocycles. The van der Waals surface area contributed by atoms with Gasteiger partial charge in [-0.1, -0.05) is 0 Å². The molecule has 28 heavy (non-hydrogen) atoms. The Labute approximate surface area is 166 Å². The summed E-state index contributed by atoms with van der Waals surface area (Å²) in [6, 6.07) is 4.03. The van der Waals surface area contributed by atoms with E-state index in [0.29, 0.717) is 19.0 Å². The van der Waals surface area contributed by atoms with Crippen molar-refractivity contribution in [3.05, 3.63) is 18.0 Å². The highest BCUT2D eigenvalue weighted by Gasteiger charge is 2.52. The van der Waals surface area contributed by atoms with Gasteiger partial charge in [0.05, 0.1) is 31.5 Å². The second-order valence-electron chi connectivity index (χ2n) is 8.40. The molecule has 1 aromatic heterocycles. The van der Waals surface area contributed by atoms with Crippen LogP contribution in [0.2, 0.25) is 0 Å². The monoisotopic (exact) mass is 385 g/mol. The highest BCUT2D eigenvalue weighted by molar-refractivity contribution is 6.62. The molecule has 0 amide bonds. The molecule has 0 bridgehead atoms. The Kier molecular flexibility index (Phi) is 4.76. The molecule has 2 aliphatic rings. The lowest BCUT2D eigenvalue weighted by Gasteiger charge is -2.32. The van der Waals surface area contributed by atoms with Crippen molar-refractivity contribution >= 4 is 29.3 Å². The number of rotatable bonds is 3. The van der Waals surface area contributed by atoms with Crippen molar-refractivity contribution in [1.29, 1.82) is 0 Å². The summed E-state index contributed by atoms with van der Waals surface area (Å²) < 4.78 is 23.7. The average Bonchev–Trinajstić information content (AvgIpc) is 2.88. The quantitative estimate of drug-likeness (QED) is 0.750. The van der Waals surface area contributed by atoms with Gasteiger partial charge in [-0.25, -0.2) is 9.97 Å². The Morgan fingerprint density at radius 2 is 1.68 bits per heavy atom. The molecule has 3 heterocycles. The normalized spacial score (nSPS) is 21.4. The fraction of sp³-hybridized carbons (Fsp3) is 0.600. The molecule has 0 N–H and O–H groups in total. The highest BCUT2D eigenvalue weighted by Crippen LogP contribution is 2.38. The van der Waals surface area contributed by atoms with Gasteiger partial charge in [0.1, 0.15) is 22.9 Å². The average molecular weight is 385 g/mol. The minimum absolute atomic E-state index is 0.406. The van der Waals surface area contributed by atoms with Crippen molar-refractivity contribution in [2.75, 3.05) is 38.3 Å².